The van der Waals surface area contributed by atoms with Crippen LogP contribution in [0.15, 0.2) is 64.1 Å². The Labute approximate surface area is 147 Å². The molecule has 3 rings (SSSR count). The second-order valence-corrected chi connectivity index (χ2v) is 6.81. The monoisotopic (exact) mass is 415 g/mol. The van der Waals surface area contributed by atoms with E-state index in [0.717, 1.165) is 20.3 Å². The van der Waals surface area contributed by atoms with Gasteiger partial charge in [-0.15, -0.1) is 0 Å². The molecule has 0 saturated carbocycles. The molecule has 0 amide bonds. The number of benzene rings is 2. The summed E-state index contributed by atoms with van der Waals surface area (Å²) in [6.45, 7) is 6.06. The molecule has 0 aliphatic carbocycles. The third-order valence-corrected chi connectivity index (χ3v) is 4.50. The average Bonchev–Trinajstić information content (AvgIpc) is 2.81. The molecule has 1 aromatic heterocycles. The zero-order valence-electron chi connectivity index (χ0n) is 12.2. The number of rotatable bonds is 3. The highest BCUT2D eigenvalue weighted by molar-refractivity contribution is 9.11. The first-order valence-electron chi connectivity index (χ1n) is 7.00. The van der Waals surface area contributed by atoms with E-state index in [0.29, 0.717) is 0 Å². The second kappa shape index (κ2) is 6.27. The summed E-state index contributed by atoms with van der Waals surface area (Å²) in [5.41, 5.74) is 4.58. The number of hydrogen-bond donors (Lipinski definition) is 0. The van der Waals surface area contributed by atoms with E-state index < -0.39 is 0 Å². The molecule has 0 aliphatic heterocycles. The van der Waals surface area contributed by atoms with Gasteiger partial charge in [-0.3, -0.25) is 0 Å². The first-order chi connectivity index (χ1) is 10.7. The first kappa shape index (κ1) is 15.3. The Kier molecular flexibility index (Phi) is 4.37. The van der Waals surface area contributed by atoms with E-state index in [1.165, 1.54) is 16.5 Å². The molecule has 0 radical (unpaired) electrons. The smallest absolute Gasteiger partial charge is 0.0541 e. The largest absolute Gasteiger partial charge is 0.309 e. The minimum absolute atomic E-state index is 1.04. The topological polar surface area (TPSA) is 4.93 Å². The number of allylic oxidation sites excluding steroid dienone is 1. The van der Waals surface area contributed by atoms with Crippen LogP contribution < -0.4 is 0 Å². The van der Waals surface area contributed by atoms with Gasteiger partial charge in [0.25, 0.3) is 0 Å². The Morgan fingerprint density at radius 2 is 1.73 bits per heavy atom. The third-order valence-electron chi connectivity index (χ3n) is 3.58. The minimum Gasteiger partial charge on any atom is -0.309 e. The molecular weight excluding hydrogens is 402 g/mol. The van der Waals surface area contributed by atoms with Crippen molar-refractivity contribution in [3.8, 4) is 5.69 Å². The summed E-state index contributed by atoms with van der Waals surface area (Å²) in [6.07, 6.45) is 6.13. The minimum atomic E-state index is 1.04. The molecule has 0 bridgehead atoms. The Bertz CT molecular complexity index is 868. The SMILES string of the molecule is C=Cc1c(/C=C\C)c2ccccc2n1-c1cc(Br)cc(Br)c1. The predicted molar refractivity (Wildman–Crippen MR) is 103 cm³/mol. The number of aromatic nitrogens is 1. The Morgan fingerprint density at radius 1 is 1.05 bits per heavy atom. The Hall–Kier alpha value is -1.58. The van der Waals surface area contributed by atoms with Gasteiger partial charge in [-0.1, -0.05) is 68.8 Å². The maximum atomic E-state index is 4.02. The molecule has 0 aliphatic rings. The number of halogens is 2. The lowest BCUT2D eigenvalue weighted by atomic mass is 10.1. The Balaban J connectivity index is 2.45. The summed E-state index contributed by atoms with van der Waals surface area (Å²) in [6, 6.07) is 14.7. The van der Waals surface area contributed by atoms with Crippen molar-refractivity contribution in [1.82, 2.24) is 4.57 Å². The number of fused-ring (bicyclic) bond motifs is 1. The predicted octanol–water partition coefficient (Wildman–Crippen LogP) is 6.83. The van der Waals surface area contributed by atoms with Gasteiger partial charge >= 0.3 is 0 Å². The summed E-state index contributed by atoms with van der Waals surface area (Å²) >= 11 is 7.15. The zero-order chi connectivity index (χ0) is 15.7. The standard InChI is InChI=1S/C19H15Br2N/c1-3-7-16-17-8-5-6-9-19(17)22(18(16)4-2)15-11-13(20)10-14(21)12-15/h3-12H,2H2,1H3/b7-3-. The van der Waals surface area contributed by atoms with Gasteiger partial charge in [-0.05, 0) is 37.3 Å². The quantitative estimate of drug-likeness (QED) is 0.440. The van der Waals surface area contributed by atoms with Gasteiger partial charge in [0.05, 0.1) is 11.2 Å². The average molecular weight is 417 g/mol. The van der Waals surface area contributed by atoms with Gasteiger partial charge in [0.15, 0.2) is 0 Å². The molecule has 3 aromatic rings. The Morgan fingerprint density at radius 3 is 2.36 bits per heavy atom. The molecular formula is C19H15Br2N. The van der Waals surface area contributed by atoms with Crippen molar-refractivity contribution in [2.24, 2.45) is 0 Å². The van der Waals surface area contributed by atoms with Crippen LogP contribution in [0.25, 0.3) is 28.7 Å². The van der Waals surface area contributed by atoms with E-state index in [-0.39, 0.29) is 0 Å². The van der Waals surface area contributed by atoms with E-state index >= 15 is 0 Å². The van der Waals surface area contributed by atoms with Crippen molar-refractivity contribution in [2.45, 2.75) is 6.92 Å². The van der Waals surface area contributed by atoms with Crippen molar-refractivity contribution in [2.75, 3.05) is 0 Å². The maximum absolute atomic E-state index is 4.02. The van der Waals surface area contributed by atoms with Gasteiger partial charge in [0, 0.05) is 25.6 Å². The molecule has 22 heavy (non-hydrogen) atoms. The lowest BCUT2D eigenvalue weighted by Crippen LogP contribution is -1.97. The summed E-state index contributed by atoms with van der Waals surface area (Å²) in [5, 5.41) is 1.23. The second-order valence-electron chi connectivity index (χ2n) is 4.98. The summed E-state index contributed by atoms with van der Waals surface area (Å²) in [5.74, 6) is 0. The molecule has 110 valence electrons. The van der Waals surface area contributed by atoms with Gasteiger partial charge in [0.1, 0.15) is 0 Å². The molecule has 0 fully saturated rings. The van der Waals surface area contributed by atoms with Gasteiger partial charge < -0.3 is 4.57 Å². The van der Waals surface area contributed by atoms with E-state index in [2.05, 4.69) is 91.6 Å². The molecule has 0 atom stereocenters. The third kappa shape index (κ3) is 2.59. The molecule has 0 N–H and O–H groups in total. The molecule has 0 unspecified atom stereocenters. The normalized spacial score (nSPS) is 11.4. The molecule has 0 saturated heterocycles. The fraction of sp³-hybridized carbons (Fsp3) is 0.0526. The van der Waals surface area contributed by atoms with Crippen LogP contribution in [-0.2, 0) is 0 Å². The lowest BCUT2D eigenvalue weighted by molar-refractivity contribution is 1.10. The summed E-state index contributed by atoms with van der Waals surface area (Å²) in [7, 11) is 0. The van der Waals surface area contributed by atoms with Crippen molar-refractivity contribution < 1.29 is 0 Å². The van der Waals surface area contributed by atoms with Crippen molar-refractivity contribution in [1.29, 1.82) is 0 Å². The fourth-order valence-electron chi connectivity index (χ4n) is 2.77. The van der Waals surface area contributed by atoms with Crippen LogP contribution in [0.1, 0.15) is 18.2 Å². The van der Waals surface area contributed by atoms with Crippen LogP contribution in [0.2, 0.25) is 0 Å². The van der Waals surface area contributed by atoms with Gasteiger partial charge in [-0.2, -0.15) is 0 Å². The molecule has 1 nitrogen and oxygen atoms in total. The molecule has 0 spiro atoms. The van der Waals surface area contributed by atoms with Crippen LogP contribution in [0.4, 0.5) is 0 Å². The van der Waals surface area contributed by atoms with Crippen molar-refractivity contribution in [3.05, 3.63) is 75.3 Å². The van der Waals surface area contributed by atoms with Crippen LogP contribution >= 0.6 is 31.9 Å². The van der Waals surface area contributed by atoms with Crippen molar-refractivity contribution in [3.63, 3.8) is 0 Å². The van der Waals surface area contributed by atoms with E-state index in [9.17, 15) is 0 Å². The number of hydrogen-bond acceptors (Lipinski definition) is 0. The van der Waals surface area contributed by atoms with Crippen LogP contribution in [0, 0.1) is 0 Å². The van der Waals surface area contributed by atoms with Crippen molar-refractivity contribution >= 4 is 54.9 Å². The maximum Gasteiger partial charge on any atom is 0.0541 e. The molecule has 1 heterocycles. The zero-order valence-corrected chi connectivity index (χ0v) is 15.4. The highest BCUT2D eigenvalue weighted by atomic mass is 79.9. The van der Waals surface area contributed by atoms with Crippen LogP contribution in [-0.4, -0.2) is 4.57 Å². The van der Waals surface area contributed by atoms with E-state index in [1.54, 1.807) is 0 Å². The summed E-state index contributed by atoms with van der Waals surface area (Å²) < 4.78 is 4.32. The van der Waals surface area contributed by atoms with Crippen LogP contribution in [0.5, 0.6) is 0 Å². The first-order valence-corrected chi connectivity index (χ1v) is 8.59. The van der Waals surface area contributed by atoms with E-state index in [1.807, 2.05) is 19.1 Å². The fourth-order valence-corrected chi connectivity index (χ4v) is 4.04. The molecule has 2 aromatic carbocycles. The summed E-state index contributed by atoms with van der Waals surface area (Å²) in [4.78, 5) is 0. The van der Waals surface area contributed by atoms with Crippen LogP contribution in [0.3, 0.4) is 0 Å². The highest BCUT2D eigenvalue weighted by Gasteiger charge is 2.14. The number of para-hydroxylation sites is 1. The van der Waals surface area contributed by atoms with Gasteiger partial charge in [0.2, 0.25) is 0 Å². The lowest BCUT2D eigenvalue weighted by Gasteiger charge is -2.10. The van der Waals surface area contributed by atoms with E-state index in [4.69, 9.17) is 0 Å². The van der Waals surface area contributed by atoms with Gasteiger partial charge in [-0.25, -0.2) is 0 Å². The number of nitrogens with zero attached hydrogens (tertiary/aromatic N) is 1. The highest BCUT2D eigenvalue weighted by Crippen LogP contribution is 2.33. The molecule has 3 heteroatoms.